The van der Waals surface area contributed by atoms with E-state index in [1.165, 1.54) is 18.4 Å². The fourth-order valence-electron chi connectivity index (χ4n) is 2.48. The Morgan fingerprint density at radius 1 is 1.08 bits per heavy atom. The summed E-state index contributed by atoms with van der Waals surface area (Å²) in [7, 11) is 1.31. The van der Waals surface area contributed by atoms with Crippen LogP contribution in [0.15, 0.2) is 60.0 Å². The van der Waals surface area contributed by atoms with Crippen LogP contribution in [0.4, 0.5) is 5.69 Å². The summed E-state index contributed by atoms with van der Waals surface area (Å²) >= 11 is 1.54. The molecule has 0 saturated carbocycles. The average molecular weight is 366 g/mol. The molecule has 0 unspecified atom stereocenters. The molecular formula is C20H18N2O3S. The van der Waals surface area contributed by atoms with Crippen molar-refractivity contribution in [1.29, 1.82) is 0 Å². The van der Waals surface area contributed by atoms with Crippen molar-refractivity contribution in [2.75, 3.05) is 12.4 Å². The standard InChI is InChI=1S/C20H18N2O3S/c1-25-20(24)15-9-5-6-10-16(15)21-18(23)11-12-19-22-17(13-26-19)14-7-3-2-4-8-14/h2-10,13H,11-12H2,1H3,(H,21,23). The number of thiazole rings is 1. The molecule has 1 heterocycles. The van der Waals surface area contributed by atoms with Crippen LogP contribution in [-0.2, 0) is 16.0 Å². The third-order valence-electron chi connectivity index (χ3n) is 3.79. The van der Waals surface area contributed by atoms with E-state index in [1.54, 1.807) is 24.3 Å². The van der Waals surface area contributed by atoms with Gasteiger partial charge >= 0.3 is 5.97 Å². The highest BCUT2D eigenvalue weighted by Gasteiger charge is 2.13. The number of rotatable bonds is 6. The molecule has 0 fully saturated rings. The number of hydrogen-bond acceptors (Lipinski definition) is 5. The molecule has 5 nitrogen and oxygen atoms in total. The summed E-state index contributed by atoms with van der Waals surface area (Å²) in [4.78, 5) is 28.6. The molecule has 26 heavy (non-hydrogen) atoms. The van der Waals surface area contributed by atoms with Crippen LogP contribution in [0.25, 0.3) is 11.3 Å². The zero-order valence-corrected chi connectivity index (χ0v) is 15.1. The maximum Gasteiger partial charge on any atom is 0.339 e. The third-order valence-corrected chi connectivity index (χ3v) is 4.70. The van der Waals surface area contributed by atoms with E-state index in [1.807, 2.05) is 35.7 Å². The Bertz CT molecular complexity index is 906. The first-order valence-corrected chi connectivity index (χ1v) is 9.02. The number of esters is 1. The maximum absolute atomic E-state index is 12.2. The van der Waals surface area contributed by atoms with Crippen LogP contribution in [0.5, 0.6) is 0 Å². The summed E-state index contributed by atoms with van der Waals surface area (Å²) in [6.45, 7) is 0. The van der Waals surface area contributed by atoms with Crippen LogP contribution in [-0.4, -0.2) is 24.0 Å². The molecule has 1 amide bonds. The van der Waals surface area contributed by atoms with Crippen LogP contribution in [0.2, 0.25) is 0 Å². The molecule has 1 N–H and O–H groups in total. The first-order valence-electron chi connectivity index (χ1n) is 8.14. The number of hydrogen-bond donors (Lipinski definition) is 1. The lowest BCUT2D eigenvalue weighted by Crippen LogP contribution is -2.15. The van der Waals surface area contributed by atoms with E-state index >= 15 is 0 Å². The molecule has 0 aliphatic heterocycles. The van der Waals surface area contributed by atoms with Crippen LogP contribution >= 0.6 is 11.3 Å². The predicted molar refractivity (Wildman–Crippen MR) is 102 cm³/mol. The van der Waals surface area contributed by atoms with Gasteiger partial charge in [0.2, 0.25) is 5.91 Å². The highest BCUT2D eigenvalue weighted by molar-refractivity contribution is 7.09. The fraction of sp³-hybridized carbons (Fsp3) is 0.150. The van der Waals surface area contributed by atoms with Gasteiger partial charge in [-0.05, 0) is 12.1 Å². The summed E-state index contributed by atoms with van der Waals surface area (Å²) in [5.41, 5.74) is 2.77. The van der Waals surface area contributed by atoms with Crippen LogP contribution in [0, 0.1) is 0 Å². The largest absolute Gasteiger partial charge is 0.465 e. The Hall–Kier alpha value is -2.99. The highest BCUT2D eigenvalue weighted by atomic mass is 32.1. The minimum Gasteiger partial charge on any atom is -0.465 e. The van der Waals surface area contributed by atoms with Crippen LogP contribution < -0.4 is 5.32 Å². The summed E-state index contributed by atoms with van der Waals surface area (Å²) in [6, 6.07) is 16.7. The first kappa shape index (κ1) is 17.8. The molecule has 6 heteroatoms. The number of carbonyl (C=O) groups excluding carboxylic acids is 2. The maximum atomic E-state index is 12.2. The molecule has 0 saturated heterocycles. The Morgan fingerprint density at radius 3 is 2.58 bits per heavy atom. The van der Waals surface area contributed by atoms with Gasteiger partial charge in [0.25, 0.3) is 0 Å². The van der Waals surface area contributed by atoms with Gasteiger partial charge in [0.15, 0.2) is 0 Å². The number of para-hydroxylation sites is 1. The van der Waals surface area contributed by atoms with E-state index in [0.717, 1.165) is 16.3 Å². The van der Waals surface area contributed by atoms with Gasteiger partial charge < -0.3 is 10.1 Å². The predicted octanol–water partition coefficient (Wildman–Crippen LogP) is 4.17. The van der Waals surface area contributed by atoms with Crippen molar-refractivity contribution in [3.05, 3.63) is 70.5 Å². The smallest absolute Gasteiger partial charge is 0.339 e. The molecule has 132 valence electrons. The second-order valence-electron chi connectivity index (χ2n) is 5.58. The lowest BCUT2D eigenvalue weighted by molar-refractivity contribution is -0.116. The van der Waals surface area contributed by atoms with Crippen molar-refractivity contribution < 1.29 is 14.3 Å². The number of aryl methyl sites for hydroxylation is 1. The van der Waals surface area contributed by atoms with Crippen molar-refractivity contribution in [3.63, 3.8) is 0 Å². The molecule has 3 aromatic rings. The summed E-state index contributed by atoms with van der Waals surface area (Å²) in [6.07, 6.45) is 0.834. The molecule has 0 aliphatic carbocycles. The zero-order valence-electron chi connectivity index (χ0n) is 14.3. The van der Waals surface area contributed by atoms with E-state index in [2.05, 4.69) is 10.3 Å². The lowest BCUT2D eigenvalue weighted by atomic mass is 10.1. The van der Waals surface area contributed by atoms with Crippen molar-refractivity contribution >= 4 is 28.9 Å². The molecule has 1 aromatic heterocycles. The molecule has 0 bridgehead atoms. The van der Waals surface area contributed by atoms with Gasteiger partial charge in [-0.2, -0.15) is 0 Å². The molecule has 2 aromatic carbocycles. The van der Waals surface area contributed by atoms with Gasteiger partial charge in [-0.15, -0.1) is 11.3 Å². The molecular weight excluding hydrogens is 348 g/mol. The summed E-state index contributed by atoms with van der Waals surface area (Å²) < 4.78 is 4.73. The molecule has 3 rings (SSSR count). The molecule has 0 atom stereocenters. The van der Waals surface area contributed by atoms with Crippen molar-refractivity contribution in [2.24, 2.45) is 0 Å². The van der Waals surface area contributed by atoms with Gasteiger partial charge in [0.1, 0.15) is 0 Å². The number of aromatic nitrogens is 1. The van der Waals surface area contributed by atoms with E-state index in [9.17, 15) is 9.59 Å². The lowest BCUT2D eigenvalue weighted by Gasteiger charge is -2.09. The van der Waals surface area contributed by atoms with Crippen molar-refractivity contribution in [2.45, 2.75) is 12.8 Å². The Morgan fingerprint density at radius 2 is 1.81 bits per heavy atom. The normalized spacial score (nSPS) is 10.3. The van der Waals surface area contributed by atoms with Crippen molar-refractivity contribution in [3.8, 4) is 11.3 Å². The third kappa shape index (κ3) is 4.34. The first-order chi connectivity index (χ1) is 12.7. The second-order valence-corrected chi connectivity index (χ2v) is 6.52. The fourth-order valence-corrected chi connectivity index (χ4v) is 3.29. The Balaban J connectivity index is 1.60. The number of anilines is 1. The Kier molecular flexibility index (Phi) is 5.76. The summed E-state index contributed by atoms with van der Waals surface area (Å²) in [5.74, 6) is -0.647. The molecule has 0 spiro atoms. The summed E-state index contributed by atoms with van der Waals surface area (Å²) in [5, 5.41) is 5.67. The van der Waals surface area contributed by atoms with E-state index in [-0.39, 0.29) is 12.3 Å². The zero-order chi connectivity index (χ0) is 18.4. The highest BCUT2D eigenvalue weighted by Crippen LogP contribution is 2.22. The quantitative estimate of drug-likeness (QED) is 0.665. The van der Waals surface area contributed by atoms with Gasteiger partial charge in [-0.1, -0.05) is 42.5 Å². The van der Waals surface area contributed by atoms with Gasteiger partial charge in [0.05, 0.1) is 29.1 Å². The van der Waals surface area contributed by atoms with Gasteiger partial charge in [-0.3, -0.25) is 4.79 Å². The minimum absolute atomic E-state index is 0.169. The van der Waals surface area contributed by atoms with Crippen molar-refractivity contribution in [1.82, 2.24) is 4.98 Å². The topological polar surface area (TPSA) is 68.3 Å². The number of carbonyl (C=O) groups is 2. The number of methoxy groups -OCH3 is 1. The molecule has 0 aliphatic rings. The average Bonchev–Trinajstić information content (AvgIpc) is 3.16. The van der Waals surface area contributed by atoms with Crippen LogP contribution in [0.1, 0.15) is 21.8 Å². The number of nitrogens with one attached hydrogen (secondary N) is 1. The Labute approximate surface area is 155 Å². The number of benzene rings is 2. The second kappa shape index (κ2) is 8.40. The van der Waals surface area contributed by atoms with E-state index in [4.69, 9.17) is 4.74 Å². The van der Waals surface area contributed by atoms with E-state index in [0.29, 0.717) is 17.7 Å². The number of amides is 1. The monoisotopic (exact) mass is 366 g/mol. The molecule has 0 radical (unpaired) electrons. The SMILES string of the molecule is COC(=O)c1ccccc1NC(=O)CCc1nc(-c2ccccc2)cs1. The number of nitrogens with zero attached hydrogens (tertiary/aromatic N) is 1. The van der Waals surface area contributed by atoms with E-state index < -0.39 is 5.97 Å². The van der Waals surface area contributed by atoms with Gasteiger partial charge in [0, 0.05) is 23.8 Å². The minimum atomic E-state index is -0.478. The van der Waals surface area contributed by atoms with Gasteiger partial charge in [-0.25, -0.2) is 9.78 Å². The van der Waals surface area contributed by atoms with Crippen LogP contribution in [0.3, 0.4) is 0 Å². The number of ether oxygens (including phenoxy) is 1.